The van der Waals surface area contributed by atoms with Gasteiger partial charge < -0.3 is 9.47 Å². The van der Waals surface area contributed by atoms with Crippen molar-refractivity contribution in [2.45, 2.75) is 12.8 Å². The first-order valence-electron chi connectivity index (χ1n) is 5.10. The smallest absolute Gasteiger partial charge is 0.217 e. The fourth-order valence-electron chi connectivity index (χ4n) is 1.60. The van der Waals surface area contributed by atoms with Gasteiger partial charge in [-0.25, -0.2) is 0 Å². The number of rotatable bonds is 1. The van der Waals surface area contributed by atoms with Crippen molar-refractivity contribution in [3.63, 3.8) is 0 Å². The molecule has 1 aromatic rings. The molecule has 1 unspecified atom stereocenters. The number of hydrogen-bond acceptors (Lipinski definition) is 2. The second-order valence-corrected chi connectivity index (χ2v) is 3.54. The summed E-state index contributed by atoms with van der Waals surface area (Å²) in [6.45, 7) is 1.25. The molecule has 0 saturated heterocycles. The fourth-order valence-corrected chi connectivity index (χ4v) is 1.60. The van der Waals surface area contributed by atoms with Crippen LogP contribution in [-0.2, 0) is 16.1 Å². The van der Waals surface area contributed by atoms with Crippen molar-refractivity contribution < 1.29 is 14.8 Å². The Kier molecular flexibility index (Phi) is 3.50. The van der Waals surface area contributed by atoms with Crippen LogP contribution in [0.15, 0.2) is 30.5 Å². The summed E-state index contributed by atoms with van der Waals surface area (Å²) in [4.78, 5) is 0. The molecule has 3 nitrogen and oxygen atoms in total. The molecule has 15 heavy (non-hydrogen) atoms. The normalized spacial score (nSPS) is 23.4. The summed E-state index contributed by atoms with van der Waals surface area (Å²) in [5.41, 5.74) is 2.43. The minimum Gasteiger partial charge on any atom is -0.368 e. The van der Waals surface area contributed by atoms with Gasteiger partial charge in [-0.2, -0.15) is 0 Å². The van der Waals surface area contributed by atoms with E-state index >= 15 is 0 Å². The summed E-state index contributed by atoms with van der Waals surface area (Å²) in [5, 5.41) is 2.02. The second-order valence-electron chi connectivity index (χ2n) is 3.54. The maximum atomic E-state index is 5.59. The Hall–Kier alpha value is -1.16. The molecule has 0 amide bonds. The molecule has 1 atom stereocenters. The standard InChI is InChI=1S/C12H15NO2/c1-14-12-9-15-8-11-5-3-2-4-10(11)6-7-13-12/h2-7,12-13H,8-9H2,1H3/p+1/b7-6-. The average Bonchev–Trinajstić information content (AvgIpc) is 2.38. The van der Waals surface area contributed by atoms with Crippen LogP contribution in [0.3, 0.4) is 0 Å². The van der Waals surface area contributed by atoms with Crippen LogP contribution in [0.1, 0.15) is 11.1 Å². The van der Waals surface area contributed by atoms with Gasteiger partial charge in [0.1, 0.15) is 6.61 Å². The van der Waals surface area contributed by atoms with Crippen molar-refractivity contribution in [2.75, 3.05) is 13.7 Å². The summed E-state index contributed by atoms with van der Waals surface area (Å²) in [6.07, 6.45) is 4.17. The monoisotopic (exact) mass is 206 g/mol. The highest BCUT2D eigenvalue weighted by Crippen LogP contribution is 2.12. The highest BCUT2D eigenvalue weighted by atomic mass is 16.5. The molecule has 1 aromatic carbocycles. The second kappa shape index (κ2) is 5.07. The fraction of sp³-hybridized carbons (Fsp3) is 0.333. The van der Waals surface area contributed by atoms with E-state index in [-0.39, 0.29) is 6.23 Å². The van der Waals surface area contributed by atoms with E-state index in [9.17, 15) is 0 Å². The zero-order chi connectivity index (χ0) is 10.5. The molecule has 0 radical (unpaired) electrons. The lowest BCUT2D eigenvalue weighted by Gasteiger charge is -2.10. The predicted molar refractivity (Wildman–Crippen MR) is 57.9 cm³/mol. The summed E-state index contributed by atoms with van der Waals surface area (Å²) >= 11 is 0. The van der Waals surface area contributed by atoms with Crippen LogP contribution < -0.4 is 5.32 Å². The van der Waals surface area contributed by atoms with Gasteiger partial charge >= 0.3 is 0 Å². The van der Waals surface area contributed by atoms with Crippen molar-refractivity contribution in [3.05, 3.63) is 41.6 Å². The van der Waals surface area contributed by atoms with Crippen LogP contribution in [0.4, 0.5) is 0 Å². The maximum Gasteiger partial charge on any atom is 0.217 e. The van der Waals surface area contributed by atoms with Crippen LogP contribution in [-0.4, -0.2) is 19.9 Å². The van der Waals surface area contributed by atoms with Gasteiger partial charge in [0.05, 0.1) is 12.8 Å². The Bertz CT molecular complexity index is 349. The topological polar surface area (TPSA) is 35.1 Å². The summed E-state index contributed by atoms with van der Waals surface area (Å²) < 4.78 is 10.8. The quantitative estimate of drug-likeness (QED) is 0.735. The zero-order valence-electron chi connectivity index (χ0n) is 8.85. The molecule has 0 saturated carbocycles. The first-order valence-corrected chi connectivity index (χ1v) is 5.10. The van der Waals surface area contributed by atoms with Gasteiger partial charge in [0, 0.05) is 7.11 Å². The predicted octanol–water partition coefficient (Wildman–Crippen LogP) is 0.723. The molecule has 80 valence electrons. The lowest BCUT2D eigenvalue weighted by Crippen LogP contribution is -2.86. The highest BCUT2D eigenvalue weighted by Gasteiger charge is 2.11. The number of quaternary nitrogens is 1. The Morgan fingerprint density at radius 3 is 3.13 bits per heavy atom. The SMILES string of the molecule is COC1COCc2ccccc2/C=C\[NH2+]1. The van der Waals surface area contributed by atoms with Gasteiger partial charge in [0.25, 0.3) is 0 Å². The zero-order valence-corrected chi connectivity index (χ0v) is 8.85. The number of benzene rings is 1. The van der Waals surface area contributed by atoms with E-state index in [4.69, 9.17) is 9.47 Å². The molecular formula is C12H16NO2+. The Labute approximate surface area is 89.7 Å². The van der Waals surface area contributed by atoms with Gasteiger partial charge in [-0.05, 0) is 17.2 Å². The van der Waals surface area contributed by atoms with Crippen molar-refractivity contribution >= 4 is 6.08 Å². The molecule has 0 fully saturated rings. The number of nitrogens with two attached hydrogens (primary N) is 1. The number of fused-ring (bicyclic) bond motifs is 1. The van der Waals surface area contributed by atoms with E-state index in [1.54, 1.807) is 7.11 Å². The molecular weight excluding hydrogens is 190 g/mol. The lowest BCUT2D eigenvalue weighted by molar-refractivity contribution is -0.670. The van der Waals surface area contributed by atoms with Gasteiger partial charge in [-0.1, -0.05) is 24.3 Å². The first-order chi connectivity index (χ1) is 7.40. The third kappa shape index (κ3) is 2.65. The van der Waals surface area contributed by atoms with Gasteiger partial charge in [-0.3, -0.25) is 5.32 Å². The minimum absolute atomic E-state index is 0.0514. The number of ether oxygens (including phenoxy) is 2. The molecule has 0 bridgehead atoms. The molecule has 1 aliphatic heterocycles. The molecule has 1 aliphatic rings. The maximum absolute atomic E-state index is 5.59. The van der Waals surface area contributed by atoms with E-state index in [0.29, 0.717) is 13.2 Å². The molecule has 1 heterocycles. The first kappa shape index (κ1) is 10.4. The molecule has 0 aromatic heterocycles. The van der Waals surface area contributed by atoms with Crippen LogP contribution in [0.2, 0.25) is 0 Å². The third-order valence-electron chi connectivity index (χ3n) is 2.50. The van der Waals surface area contributed by atoms with E-state index in [0.717, 1.165) is 0 Å². The summed E-state index contributed by atoms with van der Waals surface area (Å²) in [6, 6.07) is 8.25. The molecule has 2 N–H and O–H groups in total. The van der Waals surface area contributed by atoms with E-state index < -0.39 is 0 Å². The average molecular weight is 206 g/mol. The number of methoxy groups -OCH3 is 1. The van der Waals surface area contributed by atoms with Crippen LogP contribution in [0.25, 0.3) is 6.08 Å². The summed E-state index contributed by atoms with van der Waals surface area (Å²) in [7, 11) is 1.70. The van der Waals surface area contributed by atoms with Crippen LogP contribution in [0.5, 0.6) is 0 Å². The van der Waals surface area contributed by atoms with Gasteiger partial charge in [-0.15, -0.1) is 0 Å². The molecule has 0 spiro atoms. The van der Waals surface area contributed by atoms with Crippen LogP contribution >= 0.6 is 0 Å². The Balaban J connectivity index is 2.18. The summed E-state index contributed by atoms with van der Waals surface area (Å²) in [5.74, 6) is 0. The Morgan fingerprint density at radius 1 is 1.40 bits per heavy atom. The van der Waals surface area contributed by atoms with Crippen molar-refractivity contribution in [3.8, 4) is 0 Å². The molecule has 0 aliphatic carbocycles. The molecule has 3 heteroatoms. The highest BCUT2D eigenvalue weighted by molar-refractivity contribution is 5.52. The van der Waals surface area contributed by atoms with Crippen molar-refractivity contribution in [1.82, 2.24) is 0 Å². The van der Waals surface area contributed by atoms with E-state index in [1.807, 2.05) is 23.6 Å². The third-order valence-corrected chi connectivity index (χ3v) is 2.50. The largest absolute Gasteiger partial charge is 0.368 e. The van der Waals surface area contributed by atoms with Gasteiger partial charge in [0.15, 0.2) is 0 Å². The van der Waals surface area contributed by atoms with Gasteiger partial charge in [0.2, 0.25) is 6.23 Å². The van der Waals surface area contributed by atoms with Crippen molar-refractivity contribution in [2.24, 2.45) is 0 Å². The van der Waals surface area contributed by atoms with Crippen LogP contribution in [0, 0.1) is 0 Å². The van der Waals surface area contributed by atoms with Crippen molar-refractivity contribution in [1.29, 1.82) is 0 Å². The van der Waals surface area contributed by atoms with E-state index in [1.165, 1.54) is 11.1 Å². The lowest BCUT2D eigenvalue weighted by atomic mass is 10.1. The number of hydrogen-bond donors (Lipinski definition) is 1. The molecule has 2 rings (SSSR count). The van der Waals surface area contributed by atoms with E-state index in [2.05, 4.69) is 18.2 Å². The Morgan fingerprint density at radius 2 is 2.27 bits per heavy atom. The minimum atomic E-state index is 0.0514.